The molecule has 1 heterocycles. The molecule has 154 valence electrons. The Hall–Kier alpha value is -3.07. The van der Waals surface area contributed by atoms with Crippen LogP contribution < -0.4 is 15.8 Å². The van der Waals surface area contributed by atoms with Crippen LogP contribution in [0.1, 0.15) is 23.1 Å². The zero-order chi connectivity index (χ0) is 21.2. The van der Waals surface area contributed by atoms with Crippen LogP contribution in [0.3, 0.4) is 0 Å². The van der Waals surface area contributed by atoms with Crippen molar-refractivity contribution in [1.82, 2.24) is 0 Å². The maximum Gasteiger partial charge on any atom is 0.416 e. The average Bonchev–Trinajstić information content (AvgIpc) is 3.02. The van der Waals surface area contributed by atoms with E-state index in [0.717, 1.165) is 12.1 Å². The summed E-state index contributed by atoms with van der Waals surface area (Å²) in [5.41, 5.74) is 6.31. The molecule has 1 unspecified atom stereocenters. The number of alkyl halides is 3. The first-order valence-electron chi connectivity index (χ1n) is 8.86. The van der Waals surface area contributed by atoms with Crippen LogP contribution in [-0.4, -0.2) is 29.1 Å². The summed E-state index contributed by atoms with van der Waals surface area (Å²) >= 11 is 0. The second kappa shape index (κ2) is 8.12. The molecule has 6 nitrogen and oxygen atoms in total. The highest BCUT2D eigenvalue weighted by Gasteiger charge is 2.33. The second-order valence-electron chi connectivity index (χ2n) is 6.87. The van der Waals surface area contributed by atoms with Gasteiger partial charge in [-0.25, -0.2) is 0 Å². The summed E-state index contributed by atoms with van der Waals surface area (Å²) in [6.45, 7) is 0. The summed E-state index contributed by atoms with van der Waals surface area (Å²) < 4.78 is 44.0. The van der Waals surface area contributed by atoms with Crippen LogP contribution in [-0.2, 0) is 28.6 Å². The Morgan fingerprint density at radius 1 is 1.24 bits per heavy atom. The van der Waals surface area contributed by atoms with E-state index in [1.54, 1.807) is 24.3 Å². The Bertz CT molecular complexity index is 930. The minimum absolute atomic E-state index is 0.0328. The maximum absolute atomic E-state index is 12.8. The fraction of sp³-hybridized carbons (Fsp3) is 0.300. The minimum atomic E-state index is -4.43. The number of nitrogens with one attached hydrogen (secondary N) is 1. The number of aliphatic carboxylic acids is 1. The van der Waals surface area contributed by atoms with Gasteiger partial charge in [0.25, 0.3) is 0 Å². The van der Waals surface area contributed by atoms with Gasteiger partial charge in [0, 0.05) is 12.1 Å². The van der Waals surface area contributed by atoms with Crippen molar-refractivity contribution < 1.29 is 32.6 Å². The summed E-state index contributed by atoms with van der Waals surface area (Å²) in [4.78, 5) is 23.2. The number of ether oxygens (including phenoxy) is 1. The number of hydrogen-bond donors (Lipinski definition) is 3. The van der Waals surface area contributed by atoms with E-state index in [1.165, 1.54) is 6.07 Å². The van der Waals surface area contributed by atoms with Gasteiger partial charge in [0.2, 0.25) is 5.91 Å². The molecule has 0 bridgehead atoms. The molecule has 0 radical (unpaired) electrons. The second-order valence-corrected chi connectivity index (χ2v) is 6.87. The predicted octanol–water partition coefficient (Wildman–Crippen LogP) is 2.99. The number of carboxylic acid groups (broad SMARTS) is 1. The lowest BCUT2D eigenvalue weighted by Crippen LogP contribution is -2.32. The fourth-order valence-corrected chi connectivity index (χ4v) is 3.15. The van der Waals surface area contributed by atoms with E-state index in [4.69, 9.17) is 15.6 Å². The molecule has 2 aromatic carbocycles. The zero-order valence-electron chi connectivity index (χ0n) is 15.2. The predicted molar refractivity (Wildman–Crippen MR) is 98.6 cm³/mol. The Labute approximate surface area is 164 Å². The van der Waals surface area contributed by atoms with Crippen molar-refractivity contribution in [3.05, 3.63) is 59.2 Å². The van der Waals surface area contributed by atoms with Crippen molar-refractivity contribution in [2.24, 2.45) is 5.73 Å². The van der Waals surface area contributed by atoms with Gasteiger partial charge in [0.15, 0.2) is 0 Å². The number of hydrogen-bond acceptors (Lipinski definition) is 4. The van der Waals surface area contributed by atoms with Crippen LogP contribution in [0.15, 0.2) is 42.5 Å². The number of nitrogens with two attached hydrogens (primary N) is 1. The van der Waals surface area contributed by atoms with E-state index in [9.17, 15) is 22.8 Å². The van der Waals surface area contributed by atoms with E-state index < -0.39 is 29.9 Å². The largest absolute Gasteiger partial charge is 0.489 e. The standard InChI is InChI=1S/C20H19F3N2O4/c21-20(22,23)13-4-5-17-12(8-13)9-15(29-17)10-18(26)25-14-3-1-2-11(6-14)7-16(24)19(27)28/h1-6,8,15-16H,7,9-10,24H2,(H,25,26)(H,27,28)/t15?,16-/m0/s1. The molecule has 0 saturated carbocycles. The lowest BCUT2D eigenvalue weighted by molar-refractivity contribution is -0.139. The van der Waals surface area contributed by atoms with Crippen LogP contribution in [0.4, 0.5) is 18.9 Å². The smallest absolute Gasteiger partial charge is 0.416 e. The molecule has 2 atom stereocenters. The summed E-state index contributed by atoms with van der Waals surface area (Å²) in [5, 5.41) is 11.6. The van der Waals surface area contributed by atoms with E-state index in [0.29, 0.717) is 22.6 Å². The van der Waals surface area contributed by atoms with Gasteiger partial charge < -0.3 is 20.9 Å². The number of carbonyl (C=O) groups is 2. The van der Waals surface area contributed by atoms with Crippen LogP contribution in [0.5, 0.6) is 5.75 Å². The van der Waals surface area contributed by atoms with Crippen LogP contribution in [0, 0.1) is 0 Å². The fourth-order valence-electron chi connectivity index (χ4n) is 3.15. The van der Waals surface area contributed by atoms with Crippen LogP contribution in [0.25, 0.3) is 0 Å². The number of anilines is 1. The van der Waals surface area contributed by atoms with Crippen LogP contribution >= 0.6 is 0 Å². The molecule has 0 saturated heterocycles. The van der Waals surface area contributed by atoms with Gasteiger partial charge in [-0.1, -0.05) is 12.1 Å². The first-order valence-corrected chi connectivity index (χ1v) is 8.86. The monoisotopic (exact) mass is 408 g/mol. The Balaban J connectivity index is 1.58. The van der Waals surface area contributed by atoms with Gasteiger partial charge >= 0.3 is 12.1 Å². The van der Waals surface area contributed by atoms with E-state index >= 15 is 0 Å². The normalized spacial score (nSPS) is 16.6. The van der Waals surface area contributed by atoms with Crippen molar-refractivity contribution in [2.75, 3.05) is 5.32 Å². The molecule has 4 N–H and O–H groups in total. The Morgan fingerprint density at radius 2 is 2.00 bits per heavy atom. The molecule has 1 aliphatic heterocycles. The molecule has 1 amide bonds. The molecule has 3 rings (SSSR count). The Morgan fingerprint density at radius 3 is 2.69 bits per heavy atom. The molecule has 0 aromatic heterocycles. The topological polar surface area (TPSA) is 102 Å². The lowest BCUT2D eigenvalue weighted by Gasteiger charge is -2.12. The summed E-state index contributed by atoms with van der Waals surface area (Å²) in [7, 11) is 0. The van der Waals surface area contributed by atoms with Gasteiger partial charge in [-0.2, -0.15) is 13.2 Å². The molecule has 0 spiro atoms. The molecule has 2 aromatic rings. The number of rotatable bonds is 6. The Kier molecular flexibility index (Phi) is 5.78. The number of carbonyl (C=O) groups excluding carboxylic acids is 1. The molecule has 9 heteroatoms. The van der Waals surface area contributed by atoms with Gasteiger partial charge in [0.1, 0.15) is 17.9 Å². The SMILES string of the molecule is N[C@@H](Cc1cccc(NC(=O)CC2Cc3cc(C(F)(F)F)ccc3O2)c1)C(=O)O. The molecular formula is C20H19F3N2O4. The number of benzene rings is 2. The number of amides is 1. The first kappa shape index (κ1) is 20.7. The van der Waals surface area contributed by atoms with Crippen molar-refractivity contribution in [2.45, 2.75) is 37.6 Å². The van der Waals surface area contributed by atoms with Gasteiger partial charge in [-0.05, 0) is 47.9 Å². The van der Waals surface area contributed by atoms with Crippen molar-refractivity contribution >= 4 is 17.6 Å². The van der Waals surface area contributed by atoms with Crippen molar-refractivity contribution in [3.63, 3.8) is 0 Å². The number of halogens is 3. The third kappa shape index (κ3) is 5.26. The quantitative estimate of drug-likeness (QED) is 0.682. The first-order chi connectivity index (χ1) is 13.6. The van der Waals surface area contributed by atoms with Gasteiger partial charge in [-0.15, -0.1) is 0 Å². The minimum Gasteiger partial charge on any atom is -0.489 e. The molecule has 29 heavy (non-hydrogen) atoms. The van der Waals surface area contributed by atoms with E-state index in [-0.39, 0.29) is 25.2 Å². The van der Waals surface area contributed by atoms with Crippen molar-refractivity contribution in [3.8, 4) is 5.75 Å². The van der Waals surface area contributed by atoms with Gasteiger partial charge in [0.05, 0.1) is 12.0 Å². The molecule has 0 fully saturated rings. The third-order valence-electron chi connectivity index (χ3n) is 4.53. The molecular weight excluding hydrogens is 389 g/mol. The van der Waals surface area contributed by atoms with E-state index in [2.05, 4.69) is 5.32 Å². The summed E-state index contributed by atoms with van der Waals surface area (Å²) in [5.74, 6) is -1.13. The zero-order valence-corrected chi connectivity index (χ0v) is 15.2. The van der Waals surface area contributed by atoms with Crippen LogP contribution in [0.2, 0.25) is 0 Å². The number of carboxylic acids is 1. The summed E-state index contributed by atoms with van der Waals surface area (Å²) in [6.07, 6.45) is -4.70. The highest BCUT2D eigenvalue weighted by atomic mass is 19.4. The molecule has 0 aliphatic carbocycles. The lowest BCUT2D eigenvalue weighted by atomic mass is 10.0. The van der Waals surface area contributed by atoms with Crippen molar-refractivity contribution in [1.29, 1.82) is 0 Å². The maximum atomic E-state index is 12.8. The highest BCUT2D eigenvalue weighted by molar-refractivity contribution is 5.91. The number of fused-ring (bicyclic) bond motifs is 1. The third-order valence-corrected chi connectivity index (χ3v) is 4.53. The highest BCUT2D eigenvalue weighted by Crippen LogP contribution is 2.36. The summed E-state index contributed by atoms with van der Waals surface area (Å²) in [6, 6.07) is 8.86. The van der Waals surface area contributed by atoms with Gasteiger partial charge in [-0.3, -0.25) is 9.59 Å². The average molecular weight is 408 g/mol. The van der Waals surface area contributed by atoms with E-state index in [1.807, 2.05) is 0 Å². The molecule has 1 aliphatic rings.